The van der Waals surface area contributed by atoms with Gasteiger partial charge >= 0.3 is 0 Å². The van der Waals surface area contributed by atoms with Crippen LogP contribution in [0.2, 0.25) is 0 Å². The fourth-order valence-electron chi connectivity index (χ4n) is 2.19. The minimum Gasteiger partial charge on any atom is -0.463 e. The number of aryl methyl sites for hydroxylation is 1. The van der Waals surface area contributed by atoms with Crippen molar-refractivity contribution in [2.24, 2.45) is 7.05 Å². The molecule has 6 heteroatoms. The molecule has 98 valence electrons. The number of fused-ring (bicyclic) bond motifs is 1. The second-order valence-electron chi connectivity index (χ2n) is 4.50. The number of carbonyl (C=O) groups excluding carboxylic acids is 2. The Balaban J connectivity index is 1.89. The lowest BCUT2D eigenvalue weighted by atomic mass is 10.1. The van der Waals surface area contributed by atoms with Gasteiger partial charge in [0.25, 0.3) is 5.91 Å². The average molecular weight is 259 g/mol. The molecule has 0 aliphatic carbocycles. The lowest BCUT2D eigenvalue weighted by Gasteiger charge is -2.20. The van der Waals surface area contributed by atoms with E-state index in [1.807, 2.05) is 31.3 Å². The van der Waals surface area contributed by atoms with E-state index < -0.39 is 12.0 Å². The zero-order valence-corrected chi connectivity index (χ0v) is 10.4. The van der Waals surface area contributed by atoms with E-state index in [9.17, 15) is 9.59 Å². The summed E-state index contributed by atoms with van der Waals surface area (Å²) in [6, 6.07) is 7.63. The highest BCUT2D eigenvalue weighted by Gasteiger charge is 2.29. The number of imide groups is 1. The average Bonchev–Trinajstić information content (AvgIpc) is 2.71. The van der Waals surface area contributed by atoms with Crippen molar-refractivity contribution in [2.45, 2.75) is 18.9 Å². The SMILES string of the molecule is Cn1nc(OC2CCC(=O)NC2=O)c2ccccc21. The first kappa shape index (κ1) is 11.7. The van der Waals surface area contributed by atoms with Gasteiger partial charge in [0.2, 0.25) is 11.8 Å². The zero-order chi connectivity index (χ0) is 13.4. The highest BCUT2D eigenvalue weighted by molar-refractivity contribution is 6.00. The number of aromatic nitrogens is 2. The van der Waals surface area contributed by atoms with Crippen molar-refractivity contribution < 1.29 is 14.3 Å². The van der Waals surface area contributed by atoms with E-state index >= 15 is 0 Å². The topological polar surface area (TPSA) is 73.2 Å². The maximum Gasteiger partial charge on any atom is 0.267 e. The quantitative estimate of drug-likeness (QED) is 0.808. The molecule has 2 heterocycles. The Morgan fingerprint density at radius 3 is 2.95 bits per heavy atom. The Morgan fingerprint density at radius 1 is 1.37 bits per heavy atom. The highest BCUT2D eigenvalue weighted by Crippen LogP contribution is 2.25. The van der Waals surface area contributed by atoms with Gasteiger partial charge in [-0.15, -0.1) is 5.10 Å². The number of carbonyl (C=O) groups is 2. The predicted octanol–water partition coefficient (Wildman–Crippen LogP) is 0.757. The summed E-state index contributed by atoms with van der Waals surface area (Å²) in [4.78, 5) is 22.7. The van der Waals surface area contributed by atoms with Crippen LogP contribution in [0.3, 0.4) is 0 Å². The predicted molar refractivity (Wildman–Crippen MR) is 67.5 cm³/mol. The molecule has 1 aliphatic heterocycles. The molecule has 1 N–H and O–H groups in total. The standard InChI is InChI=1S/C13H13N3O3/c1-16-9-5-3-2-4-8(9)13(15-16)19-10-6-7-11(17)14-12(10)18/h2-5,10H,6-7H2,1H3,(H,14,17,18). The molecule has 0 radical (unpaired) electrons. The Kier molecular flexibility index (Phi) is 2.70. The third-order valence-electron chi connectivity index (χ3n) is 3.17. The molecule has 1 unspecified atom stereocenters. The van der Waals surface area contributed by atoms with Crippen molar-refractivity contribution in [1.29, 1.82) is 0 Å². The van der Waals surface area contributed by atoms with Crippen molar-refractivity contribution in [3.05, 3.63) is 24.3 Å². The number of amides is 2. The molecule has 6 nitrogen and oxygen atoms in total. The molecular formula is C13H13N3O3. The summed E-state index contributed by atoms with van der Waals surface area (Å²) >= 11 is 0. The zero-order valence-electron chi connectivity index (χ0n) is 10.4. The molecule has 0 bridgehead atoms. The van der Waals surface area contributed by atoms with Gasteiger partial charge < -0.3 is 4.74 Å². The van der Waals surface area contributed by atoms with Gasteiger partial charge in [-0.25, -0.2) is 0 Å². The molecule has 0 spiro atoms. The minimum atomic E-state index is -0.656. The molecule has 1 aliphatic rings. The summed E-state index contributed by atoms with van der Waals surface area (Å²) in [6.07, 6.45) is 0.0208. The second kappa shape index (κ2) is 4.38. The van der Waals surface area contributed by atoms with Crippen molar-refractivity contribution in [3.8, 4) is 5.88 Å². The Labute approximate surface area is 109 Å². The van der Waals surface area contributed by atoms with E-state index in [-0.39, 0.29) is 5.91 Å². The first-order valence-electron chi connectivity index (χ1n) is 6.07. The largest absolute Gasteiger partial charge is 0.463 e. The van der Waals surface area contributed by atoms with Gasteiger partial charge in [0, 0.05) is 19.9 Å². The fraction of sp³-hybridized carbons (Fsp3) is 0.308. The van der Waals surface area contributed by atoms with Crippen molar-refractivity contribution in [1.82, 2.24) is 15.1 Å². The molecule has 0 saturated carbocycles. The van der Waals surface area contributed by atoms with Crippen molar-refractivity contribution >= 4 is 22.7 Å². The summed E-state index contributed by atoms with van der Waals surface area (Å²) in [7, 11) is 1.82. The molecule has 1 saturated heterocycles. The van der Waals surface area contributed by atoms with E-state index in [0.717, 1.165) is 10.9 Å². The second-order valence-corrected chi connectivity index (χ2v) is 4.50. The van der Waals surface area contributed by atoms with E-state index in [2.05, 4.69) is 10.4 Å². The van der Waals surface area contributed by atoms with E-state index in [4.69, 9.17) is 4.74 Å². The van der Waals surface area contributed by atoms with Crippen LogP contribution in [-0.2, 0) is 16.6 Å². The van der Waals surface area contributed by atoms with Crippen LogP contribution in [0, 0.1) is 0 Å². The lowest BCUT2D eigenvalue weighted by Crippen LogP contribution is -2.46. The van der Waals surface area contributed by atoms with Crippen LogP contribution in [0.4, 0.5) is 0 Å². The minimum absolute atomic E-state index is 0.254. The van der Waals surface area contributed by atoms with E-state index in [0.29, 0.717) is 18.7 Å². The van der Waals surface area contributed by atoms with Gasteiger partial charge in [-0.1, -0.05) is 12.1 Å². The van der Waals surface area contributed by atoms with Crippen LogP contribution in [0.5, 0.6) is 5.88 Å². The first-order valence-corrected chi connectivity index (χ1v) is 6.07. The molecule has 1 atom stereocenters. The van der Waals surface area contributed by atoms with Crippen LogP contribution in [-0.4, -0.2) is 27.7 Å². The van der Waals surface area contributed by atoms with Crippen LogP contribution < -0.4 is 10.1 Å². The normalized spacial score (nSPS) is 19.5. The van der Waals surface area contributed by atoms with Crippen LogP contribution >= 0.6 is 0 Å². The number of benzene rings is 1. The van der Waals surface area contributed by atoms with Crippen LogP contribution in [0.1, 0.15) is 12.8 Å². The number of hydrogen-bond donors (Lipinski definition) is 1. The maximum atomic E-state index is 11.7. The number of ether oxygens (including phenoxy) is 1. The smallest absolute Gasteiger partial charge is 0.267 e. The Hall–Kier alpha value is -2.37. The maximum absolute atomic E-state index is 11.7. The summed E-state index contributed by atoms with van der Waals surface area (Å²) in [6.45, 7) is 0. The van der Waals surface area contributed by atoms with E-state index in [1.165, 1.54) is 0 Å². The van der Waals surface area contributed by atoms with Crippen LogP contribution in [0.25, 0.3) is 10.9 Å². The molecule has 2 amide bonds. The summed E-state index contributed by atoms with van der Waals surface area (Å²) in [5.41, 5.74) is 0.935. The summed E-state index contributed by atoms with van der Waals surface area (Å²) < 4.78 is 7.36. The van der Waals surface area contributed by atoms with E-state index in [1.54, 1.807) is 4.68 Å². The molecular weight excluding hydrogens is 246 g/mol. The Morgan fingerprint density at radius 2 is 2.16 bits per heavy atom. The third-order valence-corrected chi connectivity index (χ3v) is 3.17. The summed E-state index contributed by atoms with van der Waals surface area (Å²) in [5.74, 6) is -0.227. The lowest BCUT2D eigenvalue weighted by molar-refractivity contribution is -0.138. The number of nitrogens with one attached hydrogen (secondary N) is 1. The van der Waals surface area contributed by atoms with Gasteiger partial charge in [-0.05, 0) is 12.1 Å². The van der Waals surface area contributed by atoms with Crippen LogP contribution in [0.15, 0.2) is 24.3 Å². The van der Waals surface area contributed by atoms with Gasteiger partial charge in [0.05, 0.1) is 10.9 Å². The summed E-state index contributed by atoms with van der Waals surface area (Å²) in [5, 5.41) is 7.39. The van der Waals surface area contributed by atoms with Crippen molar-refractivity contribution in [2.75, 3.05) is 0 Å². The molecule has 1 aromatic heterocycles. The monoisotopic (exact) mass is 259 g/mol. The molecule has 2 aromatic rings. The number of piperidine rings is 1. The third kappa shape index (κ3) is 2.05. The number of rotatable bonds is 2. The van der Waals surface area contributed by atoms with Gasteiger partial charge in [-0.2, -0.15) is 0 Å². The fourth-order valence-corrected chi connectivity index (χ4v) is 2.19. The molecule has 3 rings (SSSR count). The number of para-hydroxylation sites is 1. The number of hydrogen-bond acceptors (Lipinski definition) is 4. The Bertz CT molecular complexity index is 662. The number of nitrogens with zero attached hydrogens (tertiary/aromatic N) is 2. The molecule has 1 aromatic carbocycles. The first-order chi connectivity index (χ1) is 9.15. The highest BCUT2D eigenvalue weighted by atomic mass is 16.5. The molecule has 19 heavy (non-hydrogen) atoms. The van der Waals surface area contributed by atoms with Gasteiger partial charge in [0.15, 0.2) is 6.10 Å². The van der Waals surface area contributed by atoms with Gasteiger partial charge in [-0.3, -0.25) is 19.6 Å². The van der Waals surface area contributed by atoms with Crippen molar-refractivity contribution in [3.63, 3.8) is 0 Å². The molecule has 1 fully saturated rings. The van der Waals surface area contributed by atoms with Gasteiger partial charge in [0.1, 0.15) is 0 Å².